The van der Waals surface area contributed by atoms with Crippen molar-refractivity contribution in [2.24, 2.45) is 0 Å². The Morgan fingerprint density at radius 2 is 2.05 bits per heavy atom. The molecular formula is C12H14BrNO4S. The predicted molar refractivity (Wildman–Crippen MR) is 76.1 cm³/mol. The van der Waals surface area contributed by atoms with Crippen LogP contribution < -0.4 is 5.48 Å². The number of hydroxylamine groups is 1. The molecule has 7 heteroatoms. The van der Waals surface area contributed by atoms with Gasteiger partial charge in [0.05, 0.1) is 5.75 Å². The molecule has 0 saturated heterocycles. The topological polar surface area (TPSA) is 75.6 Å². The van der Waals surface area contributed by atoms with E-state index in [2.05, 4.69) is 26.2 Å². The number of carboxylic acid groups (broad SMARTS) is 1. The number of hydrogen-bond donors (Lipinski definition) is 2. The van der Waals surface area contributed by atoms with Gasteiger partial charge in [0.25, 0.3) is 5.91 Å². The van der Waals surface area contributed by atoms with E-state index in [9.17, 15) is 9.59 Å². The number of carbonyl (C=O) groups excluding carboxylic acids is 1. The number of nitrogens with one attached hydrogen (secondary N) is 1. The Labute approximate surface area is 123 Å². The fourth-order valence-electron chi connectivity index (χ4n) is 1.26. The van der Waals surface area contributed by atoms with E-state index in [0.29, 0.717) is 0 Å². The fraction of sp³-hybridized carbons (Fsp3) is 0.333. The highest BCUT2D eigenvalue weighted by Gasteiger charge is 2.07. The van der Waals surface area contributed by atoms with Gasteiger partial charge in [-0.3, -0.25) is 9.63 Å². The maximum atomic E-state index is 11.4. The molecule has 1 amide bonds. The first-order valence-electron chi connectivity index (χ1n) is 5.42. The van der Waals surface area contributed by atoms with Gasteiger partial charge < -0.3 is 5.11 Å². The molecule has 0 aromatic heterocycles. The van der Waals surface area contributed by atoms with Crippen LogP contribution in [0.15, 0.2) is 21.5 Å². The number of hydrogen-bond acceptors (Lipinski definition) is 4. The molecule has 5 nitrogen and oxygen atoms in total. The molecule has 0 spiro atoms. The highest BCUT2D eigenvalue weighted by Crippen LogP contribution is 2.28. The van der Waals surface area contributed by atoms with Crippen molar-refractivity contribution in [2.45, 2.75) is 18.7 Å². The van der Waals surface area contributed by atoms with E-state index in [0.717, 1.165) is 20.5 Å². The molecule has 1 aromatic rings. The van der Waals surface area contributed by atoms with E-state index in [1.54, 1.807) is 0 Å². The van der Waals surface area contributed by atoms with Crippen LogP contribution in [0.4, 0.5) is 0 Å². The molecule has 0 heterocycles. The minimum absolute atomic E-state index is 0.168. The summed E-state index contributed by atoms with van der Waals surface area (Å²) in [5.74, 6) is -1.33. The van der Waals surface area contributed by atoms with Crippen molar-refractivity contribution in [1.82, 2.24) is 5.48 Å². The first kappa shape index (κ1) is 16.0. The fourth-order valence-corrected chi connectivity index (χ4v) is 2.61. The molecular weight excluding hydrogens is 334 g/mol. The molecule has 2 N–H and O–H groups in total. The Balaban J connectivity index is 2.46. The summed E-state index contributed by atoms with van der Waals surface area (Å²) in [4.78, 5) is 27.1. The van der Waals surface area contributed by atoms with Crippen LogP contribution in [0.2, 0.25) is 0 Å². The summed E-state index contributed by atoms with van der Waals surface area (Å²) in [6.07, 6.45) is 0. The zero-order valence-corrected chi connectivity index (χ0v) is 12.9. The highest BCUT2D eigenvalue weighted by atomic mass is 79.9. The van der Waals surface area contributed by atoms with Crippen LogP contribution in [0.5, 0.6) is 0 Å². The lowest BCUT2D eigenvalue weighted by Gasteiger charge is -2.08. The summed E-state index contributed by atoms with van der Waals surface area (Å²) < 4.78 is 1.03. The van der Waals surface area contributed by atoms with Gasteiger partial charge in [0.15, 0.2) is 6.61 Å². The smallest absolute Gasteiger partial charge is 0.332 e. The third-order valence-corrected chi connectivity index (χ3v) is 4.21. The maximum Gasteiger partial charge on any atom is 0.332 e. The number of halogens is 1. The van der Waals surface area contributed by atoms with Crippen LogP contribution in [-0.2, 0) is 14.4 Å². The maximum absolute atomic E-state index is 11.4. The molecule has 0 bridgehead atoms. The molecule has 0 aliphatic rings. The van der Waals surface area contributed by atoms with Gasteiger partial charge in [-0.15, -0.1) is 11.8 Å². The van der Waals surface area contributed by atoms with Gasteiger partial charge in [-0.25, -0.2) is 10.3 Å². The second-order valence-corrected chi connectivity index (χ2v) is 5.73. The second kappa shape index (κ2) is 7.52. The lowest BCUT2D eigenvalue weighted by Crippen LogP contribution is -2.28. The van der Waals surface area contributed by atoms with E-state index in [1.165, 1.54) is 11.8 Å². The SMILES string of the molecule is Cc1cc(SCC(=O)NOCC(=O)O)c(C)cc1Br. The third-order valence-electron chi connectivity index (χ3n) is 2.20. The van der Waals surface area contributed by atoms with Gasteiger partial charge >= 0.3 is 5.97 Å². The molecule has 0 aliphatic carbocycles. The van der Waals surface area contributed by atoms with Gasteiger partial charge in [0.2, 0.25) is 0 Å². The van der Waals surface area contributed by atoms with Crippen LogP contribution in [0, 0.1) is 13.8 Å². The number of benzene rings is 1. The second-order valence-electron chi connectivity index (χ2n) is 3.86. The largest absolute Gasteiger partial charge is 0.479 e. The summed E-state index contributed by atoms with van der Waals surface area (Å²) in [5.41, 5.74) is 4.24. The summed E-state index contributed by atoms with van der Waals surface area (Å²) >= 11 is 4.82. The molecule has 0 radical (unpaired) electrons. The summed E-state index contributed by atoms with van der Waals surface area (Å²) in [7, 11) is 0. The van der Waals surface area contributed by atoms with Crippen LogP contribution in [0.1, 0.15) is 11.1 Å². The summed E-state index contributed by atoms with van der Waals surface area (Å²) in [6, 6.07) is 3.99. The standard InChI is InChI=1S/C12H14BrNO4S/c1-7-4-10(8(2)3-9(7)13)19-6-11(15)14-18-5-12(16)17/h3-4H,5-6H2,1-2H3,(H,14,15)(H,16,17). The number of carboxylic acids is 1. The van der Waals surface area contributed by atoms with Gasteiger partial charge in [-0.1, -0.05) is 15.9 Å². The number of carbonyl (C=O) groups is 2. The zero-order chi connectivity index (χ0) is 14.4. The molecule has 0 aliphatic heterocycles. The monoisotopic (exact) mass is 347 g/mol. The van der Waals surface area contributed by atoms with E-state index in [-0.39, 0.29) is 11.7 Å². The normalized spacial score (nSPS) is 10.3. The van der Waals surface area contributed by atoms with Crippen molar-refractivity contribution in [3.05, 3.63) is 27.7 Å². The number of amides is 1. The zero-order valence-electron chi connectivity index (χ0n) is 10.5. The summed E-state index contributed by atoms with van der Waals surface area (Å²) in [5, 5.41) is 8.34. The first-order chi connectivity index (χ1) is 8.90. The molecule has 0 fully saturated rings. The van der Waals surface area contributed by atoms with Gasteiger partial charge in [-0.2, -0.15) is 0 Å². The predicted octanol–water partition coefficient (Wildman–Crippen LogP) is 2.29. The van der Waals surface area contributed by atoms with E-state index >= 15 is 0 Å². The number of thioether (sulfide) groups is 1. The van der Waals surface area contributed by atoms with Crippen molar-refractivity contribution >= 4 is 39.6 Å². The Morgan fingerprint density at radius 3 is 2.68 bits per heavy atom. The molecule has 104 valence electrons. The van der Waals surface area contributed by atoms with Crippen molar-refractivity contribution in [2.75, 3.05) is 12.4 Å². The number of rotatable bonds is 6. The van der Waals surface area contributed by atoms with Crippen LogP contribution in [-0.4, -0.2) is 29.3 Å². The molecule has 0 atom stereocenters. The Hall–Kier alpha value is -1.05. The third kappa shape index (κ3) is 5.63. The van der Waals surface area contributed by atoms with Crippen molar-refractivity contribution in [1.29, 1.82) is 0 Å². The van der Waals surface area contributed by atoms with Crippen molar-refractivity contribution in [3.8, 4) is 0 Å². The van der Waals surface area contributed by atoms with Gasteiger partial charge in [-0.05, 0) is 37.1 Å². The molecule has 19 heavy (non-hydrogen) atoms. The van der Waals surface area contributed by atoms with Crippen molar-refractivity contribution < 1.29 is 19.5 Å². The van der Waals surface area contributed by atoms with E-state index < -0.39 is 12.6 Å². The quantitative estimate of drug-likeness (QED) is 0.609. The minimum Gasteiger partial charge on any atom is -0.479 e. The van der Waals surface area contributed by atoms with Crippen LogP contribution in [0.25, 0.3) is 0 Å². The number of aliphatic carboxylic acids is 1. The van der Waals surface area contributed by atoms with Gasteiger partial charge in [0.1, 0.15) is 0 Å². The van der Waals surface area contributed by atoms with E-state index in [4.69, 9.17) is 5.11 Å². The molecule has 1 aromatic carbocycles. The van der Waals surface area contributed by atoms with Crippen molar-refractivity contribution in [3.63, 3.8) is 0 Å². The highest BCUT2D eigenvalue weighted by molar-refractivity contribution is 9.10. The molecule has 0 unspecified atom stereocenters. The van der Waals surface area contributed by atoms with Gasteiger partial charge in [0, 0.05) is 9.37 Å². The Bertz CT molecular complexity index is 493. The molecule has 1 rings (SSSR count). The van der Waals surface area contributed by atoms with E-state index in [1.807, 2.05) is 26.0 Å². The lowest BCUT2D eigenvalue weighted by molar-refractivity contribution is -0.148. The Morgan fingerprint density at radius 1 is 1.37 bits per heavy atom. The average Bonchev–Trinajstić information content (AvgIpc) is 2.31. The Kier molecular flexibility index (Phi) is 6.33. The average molecular weight is 348 g/mol. The van der Waals surface area contributed by atoms with Crippen LogP contribution in [0.3, 0.4) is 0 Å². The minimum atomic E-state index is -1.13. The lowest BCUT2D eigenvalue weighted by atomic mass is 10.2. The number of aryl methyl sites for hydroxylation is 2. The first-order valence-corrected chi connectivity index (χ1v) is 7.20. The van der Waals surface area contributed by atoms with Crippen LogP contribution >= 0.6 is 27.7 Å². The molecule has 0 saturated carbocycles. The summed E-state index contributed by atoms with van der Waals surface area (Å²) in [6.45, 7) is 3.39.